The molecular formula is C12H19NO5P2. The lowest BCUT2D eigenvalue weighted by atomic mass is 10.1. The summed E-state index contributed by atoms with van der Waals surface area (Å²) in [5.41, 5.74) is 1.34. The van der Waals surface area contributed by atoms with Crippen molar-refractivity contribution in [3.63, 3.8) is 0 Å². The molecule has 2 unspecified atom stereocenters. The molecule has 6 nitrogen and oxygen atoms in total. The smallest absolute Gasteiger partial charge is 0.316 e. The Labute approximate surface area is 119 Å². The van der Waals surface area contributed by atoms with E-state index in [-0.39, 0.29) is 0 Å². The van der Waals surface area contributed by atoms with Crippen LogP contribution in [0, 0.1) is 0 Å². The van der Waals surface area contributed by atoms with Crippen molar-refractivity contribution in [3.8, 4) is 0 Å². The van der Waals surface area contributed by atoms with E-state index in [2.05, 4.69) is 0 Å². The van der Waals surface area contributed by atoms with Gasteiger partial charge in [0.25, 0.3) is 0 Å². The maximum Gasteiger partial charge on any atom is 0.352 e. The number of hydrogen-bond acceptors (Lipinski definition) is 5. The Morgan fingerprint density at radius 2 is 1.75 bits per heavy atom. The maximum atomic E-state index is 13.4. The SMILES string of the molecule is COP(=O)(OC)C1(C)c2ccccc2N(C)P1(=O)OC. The Hall–Kier alpha value is -0.640. The van der Waals surface area contributed by atoms with Crippen LogP contribution in [0.4, 0.5) is 5.69 Å². The molecule has 112 valence electrons. The van der Waals surface area contributed by atoms with Crippen molar-refractivity contribution in [2.45, 2.75) is 11.8 Å². The first-order valence-corrected chi connectivity index (χ1v) is 9.15. The summed E-state index contributed by atoms with van der Waals surface area (Å²) < 4.78 is 43.5. The van der Waals surface area contributed by atoms with E-state index >= 15 is 0 Å². The van der Waals surface area contributed by atoms with Crippen LogP contribution in [-0.4, -0.2) is 28.4 Å². The molecule has 2 rings (SSSR count). The largest absolute Gasteiger partial charge is 0.352 e. The minimum absolute atomic E-state index is 0.639. The molecule has 1 aromatic carbocycles. The fraction of sp³-hybridized carbons (Fsp3) is 0.500. The van der Waals surface area contributed by atoms with Crippen LogP contribution in [0.3, 0.4) is 0 Å². The van der Waals surface area contributed by atoms with E-state index in [9.17, 15) is 9.13 Å². The molecule has 1 aliphatic heterocycles. The molecule has 0 amide bonds. The minimum Gasteiger partial charge on any atom is -0.316 e. The molecule has 1 aliphatic rings. The predicted molar refractivity (Wildman–Crippen MR) is 78.4 cm³/mol. The number of fused-ring (bicyclic) bond motifs is 1. The molecule has 0 bridgehead atoms. The molecule has 0 spiro atoms. The molecule has 0 saturated carbocycles. The van der Waals surface area contributed by atoms with E-state index < -0.39 is 20.0 Å². The topological polar surface area (TPSA) is 65.1 Å². The van der Waals surface area contributed by atoms with Crippen molar-refractivity contribution < 1.29 is 22.7 Å². The third-order valence-electron chi connectivity index (χ3n) is 3.97. The molecule has 20 heavy (non-hydrogen) atoms. The van der Waals surface area contributed by atoms with Gasteiger partial charge in [0.1, 0.15) is 0 Å². The minimum atomic E-state index is -3.68. The highest BCUT2D eigenvalue weighted by atomic mass is 31.2. The van der Waals surface area contributed by atoms with Gasteiger partial charge in [-0.25, -0.2) is 0 Å². The Morgan fingerprint density at radius 3 is 2.25 bits per heavy atom. The van der Waals surface area contributed by atoms with Gasteiger partial charge in [0.05, 0.1) is 0 Å². The molecule has 0 aromatic heterocycles. The number of para-hydroxylation sites is 1. The second-order valence-electron chi connectivity index (χ2n) is 4.63. The summed E-state index contributed by atoms with van der Waals surface area (Å²) >= 11 is 0. The monoisotopic (exact) mass is 319 g/mol. The molecule has 0 aliphatic carbocycles. The zero-order chi connectivity index (χ0) is 15.2. The zero-order valence-corrected chi connectivity index (χ0v) is 14.0. The van der Waals surface area contributed by atoms with Crippen molar-refractivity contribution >= 4 is 20.8 Å². The van der Waals surface area contributed by atoms with Crippen LogP contribution in [0.5, 0.6) is 0 Å². The molecule has 0 fully saturated rings. The molecule has 1 heterocycles. The highest BCUT2D eigenvalue weighted by Gasteiger charge is 2.67. The van der Waals surface area contributed by atoms with E-state index in [1.165, 1.54) is 26.0 Å². The molecule has 2 atom stereocenters. The lowest BCUT2D eigenvalue weighted by Crippen LogP contribution is -2.25. The molecule has 0 saturated heterocycles. The number of anilines is 1. The number of hydrogen-bond donors (Lipinski definition) is 0. The van der Waals surface area contributed by atoms with Crippen LogP contribution in [0.2, 0.25) is 0 Å². The van der Waals surface area contributed by atoms with Crippen LogP contribution < -0.4 is 4.67 Å². The van der Waals surface area contributed by atoms with E-state index in [0.717, 1.165) is 0 Å². The zero-order valence-electron chi connectivity index (χ0n) is 12.2. The molecule has 8 heteroatoms. The van der Waals surface area contributed by atoms with E-state index in [4.69, 9.17) is 13.6 Å². The van der Waals surface area contributed by atoms with Crippen molar-refractivity contribution in [1.82, 2.24) is 0 Å². The number of rotatable bonds is 4. The first-order chi connectivity index (χ1) is 9.32. The third-order valence-corrected chi connectivity index (χ3v) is 10.6. The van der Waals surface area contributed by atoms with Gasteiger partial charge in [-0.2, -0.15) is 0 Å². The van der Waals surface area contributed by atoms with Gasteiger partial charge in [-0.15, -0.1) is 0 Å². The molecule has 0 N–H and O–H groups in total. The quantitative estimate of drug-likeness (QED) is 0.790. The average Bonchev–Trinajstić information content (AvgIpc) is 2.67. The summed E-state index contributed by atoms with van der Waals surface area (Å²) in [7, 11) is -1.58. The Balaban J connectivity index is 2.84. The van der Waals surface area contributed by atoms with Gasteiger partial charge in [0, 0.05) is 39.6 Å². The van der Waals surface area contributed by atoms with Crippen LogP contribution in [0.1, 0.15) is 12.5 Å². The summed E-state index contributed by atoms with van der Waals surface area (Å²) in [5.74, 6) is 0. The Morgan fingerprint density at radius 1 is 1.20 bits per heavy atom. The third kappa shape index (κ3) is 1.63. The fourth-order valence-electron chi connectivity index (χ4n) is 2.78. The average molecular weight is 319 g/mol. The Bertz CT molecular complexity index is 612. The summed E-state index contributed by atoms with van der Waals surface area (Å²) in [5, 5.41) is 0. The van der Waals surface area contributed by atoms with Crippen LogP contribution in [-0.2, 0) is 27.6 Å². The maximum absolute atomic E-state index is 13.4. The van der Waals surface area contributed by atoms with Crippen molar-refractivity contribution in [1.29, 1.82) is 0 Å². The van der Waals surface area contributed by atoms with Gasteiger partial charge < -0.3 is 18.2 Å². The predicted octanol–water partition coefficient (Wildman–Crippen LogP) is 3.63. The summed E-state index contributed by atoms with van der Waals surface area (Å²) in [6.07, 6.45) is 0. The summed E-state index contributed by atoms with van der Waals surface area (Å²) in [4.78, 5) is -1.37. The lowest BCUT2D eigenvalue weighted by molar-refractivity contribution is 0.256. The van der Waals surface area contributed by atoms with Gasteiger partial charge in [0.2, 0.25) is 0 Å². The van der Waals surface area contributed by atoms with Crippen molar-refractivity contribution in [2.75, 3.05) is 33.0 Å². The second kappa shape index (κ2) is 4.97. The first kappa shape index (κ1) is 15.7. The molecular weight excluding hydrogens is 300 g/mol. The van der Waals surface area contributed by atoms with Gasteiger partial charge in [-0.1, -0.05) is 18.2 Å². The summed E-state index contributed by atoms with van der Waals surface area (Å²) in [6.45, 7) is 1.60. The molecule has 1 aromatic rings. The first-order valence-electron chi connectivity index (χ1n) is 6.03. The van der Waals surface area contributed by atoms with E-state index in [1.54, 1.807) is 26.1 Å². The van der Waals surface area contributed by atoms with Crippen molar-refractivity contribution in [2.24, 2.45) is 0 Å². The van der Waals surface area contributed by atoms with Crippen LogP contribution in [0.15, 0.2) is 24.3 Å². The lowest BCUT2D eigenvalue weighted by Gasteiger charge is -2.36. The van der Waals surface area contributed by atoms with E-state index in [1.807, 2.05) is 12.1 Å². The Kier molecular flexibility index (Phi) is 3.91. The van der Waals surface area contributed by atoms with Crippen molar-refractivity contribution in [3.05, 3.63) is 29.8 Å². The van der Waals surface area contributed by atoms with Gasteiger partial charge in [-0.05, 0) is 13.0 Å². The van der Waals surface area contributed by atoms with Gasteiger partial charge in [-0.3, -0.25) is 9.13 Å². The second-order valence-corrected chi connectivity index (χ2v) is 10.5. The highest BCUT2D eigenvalue weighted by molar-refractivity contribution is 7.77. The van der Waals surface area contributed by atoms with Gasteiger partial charge in [0.15, 0.2) is 4.90 Å². The number of benzene rings is 1. The summed E-state index contributed by atoms with van der Waals surface area (Å²) in [6, 6.07) is 7.20. The van der Waals surface area contributed by atoms with Crippen LogP contribution >= 0.6 is 15.1 Å². The molecule has 0 radical (unpaired) electrons. The van der Waals surface area contributed by atoms with Gasteiger partial charge >= 0.3 is 15.1 Å². The van der Waals surface area contributed by atoms with Crippen LogP contribution in [0.25, 0.3) is 0 Å². The standard InChI is InChI=1S/C12H19NO5P2/c1-12(20(15,17-4)18-5)10-8-6-7-9-11(10)13(2)19(12,14)16-3/h6-9H,1-5H3. The van der Waals surface area contributed by atoms with E-state index in [0.29, 0.717) is 11.3 Å². The highest BCUT2D eigenvalue weighted by Crippen LogP contribution is 2.86. The normalized spacial score (nSPS) is 29.6. The fourth-order valence-corrected chi connectivity index (χ4v) is 8.63. The number of nitrogens with zero attached hydrogens (tertiary/aromatic N) is 1.